The largest absolute Gasteiger partial charge is 0.744 e. The van der Waals surface area contributed by atoms with Gasteiger partial charge in [0, 0.05) is 44.3 Å². The first kappa shape index (κ1) is 39.7. The number of hydrogen-bond acceptors (Lipinski definition) is 11. The van der Waals surface area contributed by atoms with E-state index in [1.165, 1.54) is 72.8 Å². The molecule has 0 saturated heterocycles. The molecule has 3 aromatic heterocycles. The molecule has 4 aromatic carbocycles. The highest BCUT2D eigenvalue weighted by Gasteiger charge is 2.20. The number of hydrogen-bond donors (Lipinski definition) is 2. The third-order valence-corrected chi connectivity index (χ3v) is 12.9. The first-order chi connectivity index (χ1) is 29.0. The maximum Gasteiger partial charge on any atom is 0.124 e. The molecule has 61 heavy (non-hydrogen) atoms. The molecule has 9 rings (SSSR count). The fourth-order valence-electron chi connectivity index (χ4n) is 7.51. The number of nitrogens with one attached hydrogen (secondary N) is 2. The summed E-state index contributed by atoms with van der Waals surface area (Å²) in [5, 5.41) is 0. The van der Waals surface area contributed by atoms with Gasteiger partial charge < -0.3 is 23.6 Å². The van der Waals surface area contributed by atoms with Crippen molar-refractivity contribution in [3.05, 3.63) is 150 Å². The third-order valence-electron chi connectivity index (χ3n) is 10.4. The van der Waals surface area contributed by atoms with Gasteiger partial charge >= 0.3 is 0 Å². The molecule has 0 aliphatic carbocycles. The van der Waals surface area contributed by atoms with Crippen LogP contribution in [0.4, 0.5) is 0 Å². The average molecular weight is 866 g/mol. The second kappa shape index (κ2) is 14.7. The van der Waals surface area contributed by atoms with E-state index < -0.39 is 45.0 Å². The highest BCUT2D eigenvalue weighted by atomic mass is 32.2. The zero-order valence-corrected chi connectivity index (χ0v) is 34.1. The molecule has 5 heterocycles. The minimum absolute atomic E-state index is 0.397. The van der Waals surface area contributed by atoms with Gasteiger partial charge in [0.2, 0.25) is 0 Å². The molecule has 7 aromatic rings. The Labute approximate surface area is 349 Å². The fraction of sp³-hybridized carbons (Fsp3) is 0.0222. The van der Waals surface area contributed by atoms with Gasteiger partial charge in [0.15, 0.2) is 0 Å². The Morgan fingerprint density at radius 2 is 0.590 bits per heavy atom. The molecule has 8 bridgehead atoms. The lowest BCUT2D eigenvalue weighted by Gasteiger charge is -2.10. The number of rotatable bonds is 7. The molecule has 0 fully saturated rings. The summed E-state index contributed by atoms with van der Waals surface area (Å²) in [5.74, 6) is 0. The fourth-order valence-corrected chi connectivity index (χ4v) is 8.91. The van der Waals surface area contributed by atoms with Crippen molar-refractivity contribution in [2.24, 2.45) is 0 Å². The SMILES string of the molecule is Cc1ccc(-c2c3nc(c(-c4ccc(S(=O)(=O)[O-])cc4)c4ccc([nH]4)c(-c4ccc(S(=O)(=O)[O-])cc4)c4nc(c(-c5ccc(S(=O)(=O)[O-])cc5)c5ccc2[nH]5)C=C4)C=C3)cc1. The maximum absolute atomic E-state index is 11.9. The van der Waals surface area contributed by atoms with E-state index in [1.54, 1.807) is 24.3 Å². The number of aromatic nitrogens is 4. The number of nitrogens with zero attached hydrogens (tertiary/aromatic N) is 2. The lowest BCUT2D eigenvalue weighted by atomic mass is 10.0. The van der Waals surface area contributed by atoms with Gasteiger partial charge in [-0.05, 0) is 114 Å². The Kier molecular flexibility index (Phi) is 9.58. The van der Waals surface area contributed by atoms with Crippen LogP contribution in [0.1, 0.15) is 28.3 Å². The first-order valence-electron chi connectivity index (χ1n) is 18.4. The molecule has 0 amide bonds. The summed E-state index contributed by atoms with van der Waals surface area (Å²) in [6.45, 7) is 1.98. The lowest BCUT2D eigenvalue weighted by Crippen LogP contribution is -1.98. The third kappa shape index (κ3) is 7.63. The molecule has 2 aliphatic heterocycles. The van der Waals surface area contributed by atoms with E-state index in [9.17, 15) is 38.9 Å². The van der Waals surface area contributed by atoms with Crippen molar-refractivity contribution in [3.8, 4) is 44.5 Å². The van der Waals surface area contributed by atoms with Crippen LogP contribution in [-0.4, -0.2) is 58.8 Å². The predicted molar refractivity (Wildman–Crippen MR) is 229 cm³/mol. The van der Waals surface area contributed by atoms with Crippen LogP contribution in [0, 0.1) is 6.92 Å². The van der Waals surface area contributed by atoms with Gasteiger partial charge in [-0.1, -0.05) is 66.2 Å². The average Bonchev–Trinajstić information content (AvgIpc) is 4.06. The zero-order chi connectivity index (χ0) is 42.8. The van der Waals surface area contributed by atoms with Crippen LogP contribution in [0.3, 0.4) is 0 Å². The normalized spacial score (nSPS) is 12.9. The molecule has 2 aliphatic rings. The van der Waals surface area contributed by atoms with Crippen molar-refractivity contribution in [1.29, 1.82) is 0 Å². The molecule has 0 spiro atoms. The summed E-state index contributed by atoms with van der Waals surface area (Å²) in [7, 11) is -14.2. The Bertz CT molecular complexity index is 3450. The number of fused-ring (bicyclic) bond motifs is 8. The van der Waals surface area contributed by atoms with Crippen molar-refractivity contribution in [2.75, 3.05) is 0 Å². The van der Waals surface area contributed by atoms with Crippen LogP contribution < -0.4 is 0 Å². The summed E-state index contributed by atoms with van der Waals surface area (Å²) >= 11 is 0. The van der Waals surface area contributed by atoms with Crippen molar-refractivity contribution in [3.63, 3.8) is 0 Å². The van der Waals surface area contributed by atoms with E-state index in [0.29, 0.717) is 78.2 Å². The first-order valence-corrected chi connectivity index (χ1v) is 22.7. The lowest BCUT2D eigenvalue weighted by molar-refractivity contribution is 0.461. The summed E-state index contributed by atoms with van der Waals surface area (Å²) in [6.07, 6.45) is 7.24. The van der Waals surface area contributed by atoms with Gasteiger partial charge in [-0.3, -0.25) is 0 Å². The number of benzene rings is 4. The van der Waals surface area contributed by atoms with E-state index in [2.05, 4.69) is 9.97 Å². The van der Waals surface area contributed by atoms with Gasteiger partial charge in [0.05, 0.1) is 37.5 Å². The minimum Gasteiger partial charge on any atom is -0.744 e. The quantitative estimate of drug-likeness (QED) is 0.145. The van der Waals surface area contributed by atoms with E-state index in [4.69, 9.17) is 9.97 Å². The highest BCUT2D eigenvalue weighted by molar-refractivity contribution is 7.86. The van der Waals surface area contributed by atoms with Crippen molar-refractivity contribution < 1.29 is 38.9 Å². The summed E-state index contributed by atoms with van der Waals surface area (Å²) in [5.41, 5.74) is 10.2. The molecule has 0 radical (unpaired) electrons. The number of aryl methyl sites for hydroxylation is 1. The molecular weight excluding hydrogens is 837 g/mol. The monoisotopic (exact) mass is 865 g/mol. The Hall–Kier alpha value is -6.79. The standard InChI is InChI=1S/C45H32N4O9S3/c1-26-2-4-27(5-3-26)42-34-18-20-36(46-34)43(28-6-12-31(13-7-28)59(50,51)52)38-22-24-40(48-38)45(30-10-16-33(17-11-30)61(56,57)58)41-25-23-39(49-41)44(37-21-19-35(42)47-37)29-8-14-32(15-9-29)60(53,54)55/h2-25,46,49H,1H3,(H,50,51,52)(H,53,54,55)(H,56,57,58)/p-3. The second-order valence-corrected chi connectivity index (χ2v) is 18.4. The highest BCUT2D eigenvalue weighted by Crippen LogP contribution is 2.39. The van der Waals surface area contributed by atoms with Crippen LogP contribution in [0.15, 0.2) is 136 Å². The summed E-state index contributed by atoms with van der Waals surface area (Å²) < 4.78 is 107. The predicted octanol–water partition coefficient (Wildman–Crippen LogP) is 8.34. The van der Waals surface area contributed by atoms with E-state index in [-0.39, 0.29) is 0 Å². The van der Waals surface area contributed by atoms with Crippen molar-refractivity contribution in [2.45, 2.75) is 21.6 Å². The Balaban J connectivity index is 1.44. The smallest absolute Gasteiger partial charge is 0.124 e. The van der Waals surface area contributed by atoms with Gasteiger partial charge in [-0.2, -0.15) is 0 Å². The zero-order valence-electron chi connectivity index (χ0n) is 31.6. The molecule has 2 N–H and O–H groups in total. The topological polar surface area (TPSA) is 229 Å². The molecule has 0 atom stereocenters. The van der Waals surface area contributed by atoms with Crippen LogP contribution in [0.5, 0.6) is 0 Å². The molecular formula is C45H29N4O9S3-3. The summed E-state index contributed by atoms with van der Waals surface area (Å²) in [6, 6.07) is 31.8. The van der Waals surface area contributed by atoms with Gasteiger partial charge in [0.25, 0.3) is 0 Å². The number of H-pyrrole nitrogens is 2. The van der Waals surface area contributed by atoms with E-state index in [1.807, 2.05) is 55.5 Å². The van der Waals surface area contributed by atoms with Crippen LogP contribution in [0.2, 0.25) is 0 Å². The van der Waals surface area contributed by atoms with Crippen LogP contribution >= 0.6 is 0 Å². The van der Waals surface area contributed by atoms with Gasteiger partial charge in [0.1, 0.15) is 30.4 Å². The molecule has 304 valence electrons. The minimum atomic E-state index is -4.76. The van der Waals surface area contributed by atoms with E-state index >= 15 is 0 Å². The van der Waals surface area contributed by atoms with Crippen molar-refractivity contribution in [1.82, 2.24) is 19.9 Å². The van der Waals surface area contributed by atoms with Gasteiger partial charge in [-0.25, -0.2) is 35.2 Å². The number of aromatic amines is 2. The molecule has 0 saturated carbocycles. The van der Waals surface area contributed by atoms with Crippen molar-refractivity contribution >= 4 is 76.7 Å². The second-order valence-electron chi connectivity index (χ2n) is 14.3. The maximum atomic E-state index is 11.9. The summed E-state index contributed by atoms with van der Waals surface area (Å²) in [4.78, 5) is 16.0. The van der Waals surface area contributed by atoms with Gasteiger partial charge in [-0.15, -0.1) is 0 Å². The molecule has 0 unspecified atom stereocenters. The molecule has 13 nitrogen and oxygen atoms in total. The Morgan fingerprint density at radius 3 is 0.820 bits per heavy atom. The Morgan fingerprint density at radius 1 is 0.361 bits per heavy atom. The van der Waals surface area contributed by atoms with Crippen LogP contribution in [-0.2, 0) is 30.4 Å². The molecule has 16 heteroatoms. The van der Waals surface area contributed by atoms with E-state index in [0.717, 1.165) is 16.7 Å². The van der Waals surface area contributed by atoms with Crippen LogP contribution in [0.25, 0.3) is 90.9 Å².